The SMILES string of the molecule is Oc1ccc2cc3ccc4c(c3cc2c1)C(c1ccc2ccccc2c1)c1c(ccc2cc3ccc(O)cc3cc12)O4. The van der Waals surface area contributed by atoms with Crippen LogP contribution in [0.15, 0.2) is 127 Å². The second-order valence-electron chi connectivity index (χ2n) is 11.3. The Balaban J connectivity index is 1.42. The lowest BCUT2D eigenvalue weighted by molar-refractivity contribution is 0.456. The molecule has 8 aromatic rings. The van der Waals surface area contributed by atoms with E-state index in [0.29, 0.717) is 0 Å². The number of benzene rings is 8. The first-order valence-corrected chi connectivity index (χ1v) is 14.1. The Labute approximate surface area is 241 Å². The minimum Gasteiger partial charge on any atom is -0.508 e. The largest absolute Gasteiger partial charge is 0.508 e. The topological polar surface area (TPSA) is 49.7 Å². The first kappa shape index (κ1) is 23.2. The summed E-state index contributed by atoms with van der Waals surface area (Å²) < 4.78 is 6.71. The quantitative estimate of drug-likeness (QED) is 0.204. The fourth-order valence-corrected chi connectivity index (χ4v) is 6.88. The van der Waals surface area contributed by atoms with E-state index >= 15 is 0 Å². The predicted octanol–water partition coefficient (Wildman–Crippen LogP) is 10.1. The van der Waals surface area contributed by atoms with Crippen molar-refractivity contribution in [3.05, 3.63) is 144 Å². The summed E-state index contributed by atoms with van der Waals surface area (Å²) in [5.41, 5.74) is 3.42. The predicted molar refractivity (Wildman–Crippen MR) is 171 cm³/mol. The maximum Gasteiger partial charge on any atom is 0.132 e. The van der Waals surface area contributed by atoms with Crippen LogP contribution in [0.1, 0.15) is 22.6 Å². The van der Waals surface area contributed by atoms with Crippen molar-refractivity contribution in [2.75, 3.05) is 0 Å². The maximum absolute atomic E-state index is 10.3. The van der Waals surface area contributed by atoms with Gasteiger partial charge in [0.05, 0.1) is 0 Å². The molecular weight excluding hydrogens is 516 g/mol. The van der Waals surface area contributed by atoms with Gasteiger partial charge in [-0.3, -0.25) is 0 Å². The fraction of sp³-hybridized carbons (Fsp3) is 0.0256. The molecule has 0 saturated carbocycles. The summed E-state index contributed by atoms with van der Waals surface area (Å²) in [6, 6.07) is 43.4. The lowest BCUT2D eigenvalue weighted by Gasteiger charge is -2.31. The first-order valence-electron chi connectivity index (χ1n) is 14.1. The summed E-state index contributed by atoms with van der Waals surface area (Å²) in [4.78, 5) is 0. The molecular formula is C39H24O3. The van der Waals surface area contributed by atoms with Gasteiger partial charge in [-0.1, -0.05) is 66.7 Å². The lowest BCUT2D eigenvalue weighted by Crippen LogP contribution is -2.13. The van der Waals surface area contributed by atoms with Gasteiger partial charge in [0.15, 0.2) is 0 Å². The van der Waals surface area contributed by atoms with Gasteiger partial charge in [0.1, 0.15) is 23.0 Å². The number of ether oxygens (including phenoxy) is 1. The van der Waals surface area contributed by atoms with Crippen LogP contribution in [0.2, 0.25) is 0 Å². The van der Waals surface area contributed by atoms with Gasteiger partial charge in [-0.2, -0.15) is 0 Å². The number of rotatable bonds is 1. The zero-order valence-electron chi connectivity index (χ0n) is 22.5. The molecule has 0 spiro atoms. The van der Waals surface area contributed by atoms with Gasteiger partial charge in [-0.05, 0) is 120 Å². The van der Waals surface area contributed by atoms with E-state index in [4.69, 9.17) is 4.74 Å². The van der Waals surface area contributed by atoms with Crippen LogP contribution in [0, 0.1) is 0 Å². The van der Waals surface area contributed by atoms with Crippen molar-refractivity contribution in [1.29, 1.82) is 0 Å². The van der Waals surface area contributed by atoms with Crippen LogP contribution in [-0.4, -0.2) is 10.2 Å². The van der Waals surface area contributed by atoms with Gasteiger partial charge in [0.25, 0.3) is 0 Å². The van der Waals surface area contributed by atoms with Crippen molar-refractivity contribution in [3.63, 3.8) is 0 Å². The van der Waals surface area contributed by atoms with Crippen molar-refractivity contribution >= 4 is 53.9 Å². The average molecular weight is 541 g/mol. The first-order chi connectivity index (χ1) is 20.6. The number of aromatic hydroxyl groups is 2. The summed E-state index contributed by atoms with van der Waals surface area (Å²) >= 11 is 0. The molecule has 3 heteroatoms. The highest BCUT2D eigenvalue weighted by Gasteiger charge is 2.32. The van der Waals surface area contributed by atoms with Crippen LogP contribution in [0.3, 0.4) is 0 Å². The van der Waals surface area contributed by atoms with Gasteiger partial charge >= 0.3 is 0 Å². The zero-order chi connectivity index (χ0) is 27.9. The molecule has 8 aromatic carbocycles. The zero-order valence-corrected chi connectivity index (χ0v) is 22.5. The van der Waals surface area contributed by atoms with E-state index in [1.807, 2.05) is 24.3 Å². The Bertz CT molecular complexity index is 2290. The third-order valence-corrected chi connectivity index (χ3v) is 8.83. The highest BCUT2D eigenvalue weighted by Crippen LogP contribution is 2.53. The van der Waals surface area contributed by atoms with Crippen molar-refractivity contribution in [1.82, 2.24) is 0 Å². The average Bonchev–Trinajstić information content (AvgIpc) is 3.01. The number of phenols is 2. The summed E-state index contributed by atoms with van der Waals surface area (Å²) in [7, 11) is 0. The fourth-order valence-electron chi connectivity index (χ4n) is 6.88. The molecule has 0 saturated heterocycles. The third kappa shape index (κ3) is 3.40. The Kier molecular flexibility index (Phi) is 4.68. The molecule has 0 bridgehead atoms. The van der Waals surface area contributed by atoms with Crippen LogP contribution in [-0.2, 0) is 0 Å². The molecule has 0 fully saturated rings. The summed E-state index contributed by atoms with van der Waals surface area (Å²) in [5.74, 6) is 2.07. The van der Waals surface area contributed by atoms with Crippen molar-refractivity contribution in [2.24, 2.45) is 0 Å². The van der Waals surface area contributed by atoms with Gasteiger partial charge in [0.2, 0.25) is 0 Å². The van der Waals surface area contributed by atoms with Crippen molar-refractivity contribution < 1.29 is 14.9 Å². The molecule has 0 aromatic heterocycles. The van der Waals surface area contributed by atoms with Crippen LogP contribution >= 0.6 is 0 Å². The standard InChI is InChI=1S/C39H24O3/c40-31-11-7-24-15-26-9-13-35-38(33(26)20-29(24)18-31)37(28-6-5-22-3-1-2-4-23(22)17-28)39-34-21-30-19-32(41)12-8-25(30)16-27(34)10-14-36(39)42-35/h1-21,37,40-41H. The molecule has 0 atom stereocenters. The van der Waals surface area contributed by atoms with Crippen LogP contribution in [0.25, 0.3) is 53.9 Å². The Morgan fingerprint density at radius 3 is 1.50 bits per heavy atom. The van der Waals surface area contributed by atoms with Gasteiger partial charge in [-0.25, -0.2) is 0 Å². The van der Waals surface area contributed by atoms with E-state index in [0.717, 1.165) is 65.7 Å². The molecule has 0 amide bonds. The Morgan fingerprint density at radius 1 is 0.405 bits per heavy atom. The summed E-state index contributed by atoms with van der Waals surface area (Å²) in [6.07, 6.45) is 0. The van der Waals surface area contributed by atoms with Crippen molar-refractivity contribution in [2.45, 2.75) is 5.92 Å². The molecule has 0 unspecified atom stereocenters. The Morgan fingerprint density at radius 2 is 0.905 bits per heavy atom. The molecule has 1 aliphatic heterocycles. The van der Waals surface area contributed by atoms with Crippen LogP contribution in [0.4, 0.5) is 0 Å². The highest BCUT2D eigenvalue weighted by atomic mass is 16.5. The number of phenolic OH excluding ortho intramolecular Hbond substituents is 2. The molecule has 0 radical (unpaired) electrons. The Hall–Kier alpha value is -5.54. The lowest BCUT2D eigenvalue weighted by atomic mass is 9.77. The maximum atomic E-state index is 10.3. The van der Waals surface area contributed by atoms with Crippen molar-refractivity contribution in [3.8, 4) is 23.0 Å². The monoisotopic (exact) mass is 540 g/mol. The van der Waals surface area contributed by atoms with E-state index in [1.54, 1.807) is 12.1 Å². The molecule has 3 nitrogen and oxygen atoms in total. The number of hydrogen-bond donors (Lipinski definition) is 2. The molecule has 42 heavy (non-hydrogen) atoms. The highest BCUT2D eigenvalue weighted by molar-refractivity contribution is 6.05. The van der Waals surface area contributed by atoms with E-state index in [1.165, 1.54) is 16.3 Å². The van der Waals surface area contributed by atoms with E-state index in [-0.39, 0.29) is 17.4 Å². The van der Waals surface area contributed by atoms with Crippen LogP contribution < -0.4 is 4.74 Å². The minimum absolute atomic E-state index is 0.106. The summed E-state index contributed by atoms with van der Waals surface area (Å²) in [5, 5.41) is 31.5. The molecule has 2 N–H and O–H groups in total. The molecule has 1 aliphatic rings. The third-order valence-electron chi connectivity index (χ3n) is 8.83. The van der Waals surface area contributed by atoms with Gasteiger partial charge in [0, 0.05) is 17.0 Å². The second kappa shape index (κ2) is 8.48. The summed E-state index contributed by atoms with van der Waals surface area (Å²) in [6.45, 7) is 0. The minimum atomic E-state index is -0.106. The van der Waals surface area contributed by atoms with E-state index in [2.05, 4.69) is 91.0 Å². The van der Waals surface area contributed by atoms with Gasteiger partial charge < -0.3 is 14.9 Å². The second-order valence-corrected chi connectivity index (χ2v) is 11.3. The molecule has 9 rings (SSSR count). The number of hydrogen-bond acceptors (Lipinski definition) is 3. The van der Waals surface area contributed by atoms with Gasteiger partial charge in [-0.15, -0.1) is 0 Å². The van der Waals surface area contributed by atoms with E-state index in [9.17, 15) is 10.2 Å². The van der Waals surface area contributed by atoms with Crippen LogP contribution in [0.5, 0.6) is 23.0 Å². The molecule has 0 aliphatic carbocycles. The molecule has 198 valence electrons. The van der Waals surface area contributed by atoms with E-state index < -0.39 is 0 Å². The number of fused-ring (bicyclic) bond motifs is 9. The molecule has 1 heterocycles. The smallest absolute Gasteiger partial charge is 0.132 e. The normalized spacial score (nSPS) is 13.0.